The summed E-state index contributed by atoms with van der Waals surface area (Å²) in [7, 11) is 0. The lowest BCUT2D eigenvalue weighted by molar-refractivity contribution is -0.118. The number of pyridine rings is 1. The number of aromatic nitrogens is 4. The summed E-state index contributed by atoms with van der Waals surface area (Å²) in [4.78, 5) is 35.8. The predicted octanol–water partition coefficient (Wildman–Crippen LogP) is 3.15. The van der Waals surface area contributed by atoms with Gasteiger partial charge in [-0.2, -0.15) is 5.10 Å². The number of carbonyl (C=O) groups is 2. The van der Waals surface area contributed by atoms with Crippen molar-refractivity contribution in [3.05, 3.63) is 47.3 Å². The second kappa shape index (κ2) is 8.24. The van der Waals surface area contributed by atoms with Crippen LogP contribution in [0.4, 0.5) is 11.4 Å². The fourth-order valence-electron chi connectivity index (χ4n) is 3.78. The van der Waals surface area contributed by atoms with E-state index < -0.39 is 0 Å². The zero-order valence-corrected chi connectivity index (χ0v) is 18.4. The molecule has 1 aliphatic heterocycles. The Morgan fingerprint density at radius 2 is 2.00 bits per heavy atom. The Kier molecular flexibility index (Phi) is 5.63. The maximum Gasteiger partial charge on any atom is 0.259 e. The van der Waals surface area contributed by atoms with Gasteiger partial charge in [-0.15, -0.1) is 0 Å². The second-order valence-corrected chi connectivity index (χ2v) is 8.68. The van der Waals surface area contributed by atoms with Gasteiger partial charge in [-0.05, 0) is 46.2 Å². The Morgan fingerprint density at radius 1 is 1.19 bits per heavy atom. The summed E-state index contributed by atoms with van der Waals surface area (Å²) in [6.07, 6.45) is 8.22. The molecule has 9 nitrogen and oxygen atoms in total. The van der Waals surface area contributed by atoms with Gasteiger partial charge < -0.3 is 10.6 Å². The summed E-state index contributed by atoms with van der Waals surface area (Å²) >= 11 is 5.87. The van der Waals surface area contributed by atoms with Gasteiger partial charge in [0.15, 0.2) is 0 Å². The van der Waals surface area contributed by atoms with Gasteiger partial charge in [0.2, 0.25) is 5.91 Å². The molecule has 0 atom stereocenters. The number of amides is 2. The van der Waals surface area contributed by atoms with Crippen LogP contribution in [0.3, 0.4) is 0 Å². The maximum absolute atomic E-state index is 12.8. The Balaban J connectivity index is 1.47. The number of anilines is 2. The molecule has 2 amide bonds. The van der Waals surface area contributed by atoms with E-state index >= 15 is 0 Å². The molecule has 0 aliphatic carbocycles. The van der Waals surface area contributed by atoms with Crippen molar-refractivity contribution in [3.63, 3.8) is 0 Å². The van der Waals surface area contributed by atoms with Crippen molar-refractivity contribution in [2.75, 3.05) is 23.7 Å². The van der Waals surface area contributed by atoms with Crippen LogP contribution >= 0.6 is 11.6 Å². The minimum Gasteiger partial charge on any atom is -0.324 e. The first kappa shape index (κ1) is 21.2. The molecule has 0 spiro atoms. The molecular weight excluding hydrogens is 418 g/mol. The Morgan fingerprint density at radius 3 is 2.74 bits per heavy atom. The van der Waals surface area contributed by atoms with Crippen molar-refractivity contribution in [1.82, 2.24) is 24.5 Å². The van der Waals surface area contributed by atoms with Gasteiger partial charge in [0.1, 0.15) is 5.15 Å². The molecule has 0 bridgehead atoms. The molecule has 4 rings (SSSR count). The Labute approximate surface area is 184 Å². The topological polar surface area (TPSA) is 105 Å². The Bertz CT molecular complexity index is 1160. The third-order valence-electron chi connectivity index (χ3n) is 5.64. The quantitative estimate of drug-likeness (QED) is 0.630. The minimum absolute atomic E-state index is 0.0233. The van der Waals surface area contributed by atoms with Crippen LogP contribution in [-0.2, 0) is 4.79 Å². The van der Waals surface area contributed by atoms with Crippen molar-refractivity contribution in [2.24, 2.45) is 0 Å². The molecule has 0 saturated carbocycles. The van der Waals surface area contributed by atoms with Gasteiger partial charge in [-0.3, -0.25) is 19.5 Å². The second-order valence-electron chi connectivity index (χ2n) is 8.29. The van der Waals surface area contributed by atoms with E-state index in [1.807, 2.05) is 0 Å². The number of aryl methyl sites for hydroxylation is 1. The van der Waals surface area contributed by atoms with Gasteiger partial charge in [-0.1, -0.05) is 11.6 Å². The van der Waals surface area contributed by atoms with Gasteiger partial charge in [0, 0.05) is 5.54 Å². The van der Waals surface area contributed by atoms with E-state index in [1.165, 1.54) is 23.1 Å². The van der Waals surface area contributed by atoms with Crippen molar-refractivity contribution < 1.29 is 9.59 Å². The summed E-state index contributed by atoms with van der Waals surface area (Å²) in [5, 5.41) is 10.1. The van der Waals surface area contributed by atoms with Gasteiger partial charge in [-0.25, -0.2) is 9.50 Å². The van der Waals surface area contributed by atoms with Crippen molar-refractivity contribution >= 4 is 40.3 Å². The molecule has 0 unspecified atom stereocenters. The van der Waals surface area contributed by atoms with E-state index in [0.29, 0.717) is 34.7 Å². The third kappa shape index (κ3) is 4.52. The van der Waals surface area contributed by atoms with E-state index in [0.717, 1.165) is 19.4 Å². The molecule has 0 radical (unpaired) electrons. The molecule has 1 fully saturated rings. The average Bonchev–Trinajstić information content (AvgIpc) is 3.26. The van der Waals surface area contributed by atoms with Crippen molar-refractivity contribution in [3.8, 4) is 0 Å². The number of hydrogen-bond donors (Lipinski definition) is 2. The number of likely N-dealkylation sites (tertiary alicyclic amines) is 1. The smallest absolute Gasteiger partial charge is 0.259 e. The lowest BCUT2D eigenvalue weighted by Gasteiger charge is -2.30. The van der Waals surface area contributed by atoms with Crippen LogP contribution in [0.2, 0.25) is 5.15 Å². The van der Waals surface area contributed by atoms with E-state index in [4.69, 9.17) is 11.6 Å². The summed E-state index contributed by atoms with van der Waals surface area (Å²) in [6, 6.07) is 1.70. The zero-order valence-electron chi connectivity index (χ0n) is 17.6. The molecule has 1 saturated heterocycles. The first-order chi connectivity index (χ1) is 14.7. The average molecular weight is 442 g/mol. The number of halogens is 1. The van der Waals surface area contributed by atoms with Crippen molar-refractivity contribution in [1.29, 1.82) is 0 Å². The molecule has 162 valence electrons. The maximum atomic E-state index is 12.8. The lowest BCUT2D eigenvalue weighted by Crippen LogP contribution is -2.42. The molecule has 3 aromatic heterocycles. The number of fused-ring (bicyclic) bond motifs is 1. The normalized spacial score (nSPS) is 15.9. The number of nitrogens with one attached hydrogen (secondary N) is 2. The van der Waals surface area contributed by atoms with Crippen LogP contribution in [0.15, 0.2) is 30.9 Å². The fraction of sp³-hybridized carbons (Fsp3) is 0.381. The van der Waals surface area contributed by atoms with E-state index in [9.17, 15) is 9.59 Å². The standard InChI is InChI=1S/C21H24ClN7O2/c1-13-16(27-20(31)15-9-25-29-11-18(22)24-10-17(15)29)7-14(8-23-13)26-19(30)12-28-6-4-5-21(28,2)3/h7-11H,4-6,12H2,1-3H3,(H,26,30)(H,27,31). The number of carbonyl (C=O) groups excluding carboxylic acids is 2. The predicted molar refractivity (Wildman–Crippen MR) is 118 cm³/mol. The molecular formula is C21H24ClN7O2. The monoisotopic (exact) mass is 441 g/mol. The Hall–Kier alpha value is -3.04. The van der Waals surface area contributed by atoms with Crippen LogP contribution < -0.4 is 10.6 Å². The summed E-state index contributed by atoms with van der Waals surface area (Å²) < 4.78 is 1.49. The molecule has 31 heavy (non-hydrogen) atoms. The third-order valence-corrected chi connectivity index (χ3v) is 5.84. The molecule has 0 aromatic carbocycles. The van der Waals surface area contributed by atoms with Gasteiger partial charge in [0.05, 0.1) is 59.5 Å². The highest BCUT2D eigenvalue weighted by molar-refractivity contribution is 6.29. The molecule has 1 aliphatic rings. The summed E-state index contributed by atoms with van der Waals surface area (Å²) in [5.41, 5.74) is 2.57. The lowest BCUT2D eigenvalue weighted by atomic mass is 10.0. The summed E-state index contributed by atoms with van der Waals surface area (Å²) in [6.45, 7) is 7.32. The molecule has 10 heteroatoms. The minimum atomic E-state index is -0.355. The highest BCUT2D eigenvalue weighted by Crippen LogP contribution is 2.28. The van der Waals surface area contributed by atoms with Crippen LogP contribution in [0.25, 0.3) is 5.52 Å². The summed E-state index contributed by atoms with van der Waals surface area (Å²) in [5.74, 6) is -0.463. The van der Waals surface area contributed by atoms with Crippen LogP contribution in [0.1, 0.15) is 42.7 Å². The van der Waals surface area contributed by atoms with Crippen LogP contribution in [0.5, 0.6) is 0 Å². The SMILES string of the molecule is Cc1ncc(NC(=O)CN2CCCC2(C)C)cc1NC(=O)c1cnn2cc(Cl)ncc12. The van der Waals surface area contributed by atoms with Gasteiger partial charge in [0.25, 0.3) is 5.91 Å². The largest absolute Gasteiger partial charge is 0.324 e. The van der Waals surface area contributed by atoms with Crippen LogP contribution in [0, 0.1) is 6.92 Å². The van der Waals surface area contributed by atoms with E-state index in [1.54, 1.807) is 19.2 Å². The first-order valence-corrected chi connectivity index (χ1v) is 10.4. The van der Waals surface area contributed by atoms with Crippen LogP contribution in [-0.4, -0.2) is 54.9 Å². The number of nitrogens with zero attached hydrogens (tertiary/aromatic N) is 5. The first-order valence-electron chi connectivity index (χ1n) is 10.0. The molecule has 2 N–H and O–H groups in total. The number of hydrogen-bond acceptors (Lipinski definition) is 6. The number of rotatable bonds is 5. The zero-order chi connectivity index (χ0) is 22.2. The van der Waals surface area contributed by atoms with Crippen molar-refractivity contribution in [2.45, 2.75) is 39.2 Å². The van der Waals surface area contributed by atoms with E-state index in [2.05, 4.69) is 44.4 Å². The molecule has 3 aromatic rings. The highest BCUT2D eigenvalue weighted by atomic mass is 35.5. The van der Waals surface area contributed by atoms with Gasteiger partial charge >= 0.3 is 0 Å². The van der Waals surface area contributed by atoms with E-state index in [-0.39, 0.29) is 22.5 Å². The molecule has 4 heterocycles. The fourth-order valence-corrected chi connectivity index (χ4v) is 3.92. The highest BCUT2D eigenvalue weighted by Gasteiger charge is 2.32.